The molecular formula is C18H18O3S. The van der Waals surface area contributed by atoms with E-state index in [1.165, 1.54) is 0 Å². The van der Waals surface area contributed by atoms with Crippen LogP contribution in [-0.2, 0) is 15.6 Å². The molecule has 0 spiro atoms. The van der Waals surface area contributed by atoms with Crippen LogP contribution >= 0.6 is 0 Å². The van der Waals surface area contributed by atoms with Crippen LogP contribution < -0.4 is 0 Å². The van der Waals surface area contributed by atoms with Crippen molar-refractivity contribution < 1.29 is 13.2 Å². The summed E-state index contributed by atoms with van der Waals surface area (Å²) in [5.41, 5.74) is 2.38. The summed E-state index contributed by atoms with van der Waals surface area (Å²) >= 11 is 0. The van der Waals surface area contributed by atoms with Gasteiger partial charge in [-0.15, -0.1) is 0 Å². The molecule has 0 N–H and O–H groups in total. The number of carbonyl (C=O) groups is 1. The van der Waals surface area contributed by atoms with Gasteiger partial charge in [-0.1, -0.05) is 36.4 Å². The predicted octanol–water partition coefficient (Wildman–Crippen LogP) is 3.56. The molecule has 1 saturated carbocycles. The van der Waals surface area contributed by atoms with E-state index in [9.17, 15) is 13.2 Å². The Morgan fingerprint density at radius 2 is 1.68 bits per heavy atom. The average molecular weight is 314 g/mol. The monoisotopic (exact) mass is 314 g/mol. The van der Waals surface area contributed by atoms with Gasteiger partial charge in [-0.25, -0.2) is 8.42 Å². The molecule has 3 nitrogen and oxygen atoms in total. The van der Waals surface area contributed by atoms with E-state index in [4.69, 9.17) is 0 Å². The average Bonchev–Trinajstić information content (AvgIpc) is 3.34. The van der Waals surface area contributed by atoms with E-state index in [0.717, 1.165) is 24.0 Å². The van der Waals surface area contributed by atoms with E-state index in [0.29, 0.717) is 5.56 Å². The Kier molecular flexibility index (Phi) is 3.87. The van der Waals surface area contributed by atoms with Gasteiger partial charge in [0, 0.05) is 11.5 Å². The van der Waals surface area contributed by atoms with Crippen LogP contribution in [0.4, 0.5) is 0 Å². The standard InChI is InChI=1S/C18H18O3S/c1-13-4-2-3-5-16(13)12-22(20,21)17-10-8-15(9-11-17)18(19)14-6-7-14/h2-5,8-11,14H,6-7,12H2,1H3. The normalized spacial score (nSPS) is 14.8. The third-order valence-corrected chi connectivity index (χ3v) is 5.73. The van der Waals surface area contributed by atoms with Crippen molar-refractivity contribution in [3.63, 3.8) is 0 Å². The summed E-state index contributed by atoms with van der Waals surface area (Å²) in [6, 6.07) is 13.8. The maximum Gasteiger partial charge on any atom is 0.182 e. The van der Waals surface area contributed by atoms with Crippen molar-refractivity contribution in [1.29, 1.82) is 0 Å². The number of carbonyl (C=O) groups excluding carboxylic acids is 1. The Bertz CT molecular complexity index is 800. The molecule has 0 aliphatic heterocycles. The van der Waals surface area contributed by atoms with Crippen LogP contribution in [0, 0.1) is 12.8 Å². The highest BCUT2D eigenvalue weighted by Crippen LogP contribution is 2.32. The zero-order valence-corrected chi connectivity index (χ0v) is 13.3. The number of hydrogen-bond acceptors (Lipinski definition) is 3. The molecule has 3 rings (SSSR count). The second kappa shape index (κ2) is 5.69. The molecule has 1 aliphatic rings. The van der Waals surface area contributed by atoms with Crippen LogP contribution in [0.1, 0.15) is 34.3 Å². The lowest BCUT2D eigenvalue weighted by molar-refractivity contribution is 0.0967. The Balaban J connectivity index is 1.83. The van der Waals surface area contributed by atoms with Gasteiger partial charge >= 0.3 is 0 Å². The SMILES string of the molecule is Cc1ccccc1CS(=O)(=O)c1ccc(C(=O)C2CC2)cc1. The highest BCUT2D eigenvalue weighted by molar-refractivity contribution is 7.90. The van der Waals surface area contributed by atoms with Gasteiger partial charge in [-0.3, -0.25) is 4.79 Å². The summed E-state index contributed by atoms with van der Waals surface area (Å²) < 4.78 is 25.0. The second-order valence-corrected chi connectivity index (χ2v) is 7.84. The molecule has 2 aromatic rings. The van der Waals surface area contributed by atoms with Crippen molar-refractivity contribution in [3.8, 4) is 0 Å². The number of benzene rings is 2. The van der Waals surface area contributed by atoms with Crippen LogP contribution in [0.25, 0.3) is 0 Å². The van der Waals surface area contributed by atoms with Crippen LogP contribution in [0.5, 0.6) is 0 Å². The fourth-order valence-electron chi connectivity index (χ4n) is 2.47. The van der Waals surface area contributed by atoms with Gasteiger partial charge in [-0.2, -0.15) is 0 Å². The van der Waals surface area contributed by atoms with Gasteiger partial charge in [0.05, 0.1) is 10.6 Å². The number of sulfone groups is 1. The molecule has 2 aromatic carbocycles. The van der Waals surface area contributed by atoms with Crippen LogP contribution in [0.2, 0.25) is 0 Å². The molecule has 4 heteroatoms. The highest BCUT2D eigenvalue weighted by Gasteiger charge is 2.30. The van der Waals surface area contributed by atoms with Crippen molar-refractivity contribution in [1.82, 2.24) is 0 Å². The van der Waals surface area contributed by atoms with Crippen molar-refractivity contribution >= 4 is 15.6 Å². The van der Waals surface area contributed by atoms with Crippen LogP contribution in [0.3, 0.4) is 0 Å². The van der Waals surface area contributed by atoms with Crippen molar-refractivity contribution in [3.05, 3.63) is 65.2 Å². The zero-order valence-electron chi connectivity index (χ0n) is 12.5. The first-order valence-corrected chi connectivity index (χ1v) is 9.04. The number of aryl methyl sites for hydroxylation is 1. The Labute approximate surface area is 130 Å². The number of rotatable bonds is 5. The van der Waals surface area contributed by atoms with Gasteiger partial charge in [-0.05, 0) is 43.0 Å². The minimum Gasteiger partial charge on any atom is -0.294 e. The second-order valence-electron chi connectivity index (χ2n) is 5.85. The first-order valence-electron chi connectivity index (χ1n) is 7.39. The molecule has 114 valence electrons. The molecule has 0 unspecified atom stereocenters. The Morgan fingerprint density at radius 1 is 1.05 bits per heavy atom. The third-order valence-electron chi connectivity index (χ3n) is 4.05. The van der Waals surface area contributed by atoms with Gasteiger partial charge in [0.1, 0.15) is 0 Å². The summed E-state index contributed by atoms with van der Waals surface area (Å²) in [5.74, 6) is 0.257. The molecule has 22 heavy (non-hydrogen) atoms. The zero-order chi connectivity index (χ0) is 15.7. The maximum atomic E-state index is 12.5. The third kappa shape index (κ3) is 3.12. The van der Waals surface area contributed by atoms with Crippen molar-refractivity contribution in [2.75, 3.05) is 0 Å². The van der Waals surface area contributed by atoms with Gasteiger partial charge < -0.3 is 0 Å². The van der Waals surface area contributed by atoms with E-state index in [1.54, 1.807) is 24.3 Å². The molecule has 0 radical (unpaired) electrons. The maximum absolute atomic E-state index is 12.5. The van der Waals surface area contributed by atoms with Crippen molar-refractivity contribution in [2.24, 2.45) is 5.92 Å². The Morgan fingerprint density at radius 3 is 2.27 bits per heavy atom. The van der Waals surface area contributed by atoms with Crippen LogP contribution in [-0.4, -0.2) is 14.2 Å². The minimum atomic E-state index is -3.39. The van der Waals surface area contributed by atoms with Gasteiger partial charge in [0.15, 0.2) is 15.6 Å². The van der Waals surface area contributed by atoms with E-state index >= 15 is 0 Å². The van der Waals surface area contributed by atoms with E-state index in [-0.39, 0.29) is 22.3 Å². The molecule has 0 heterocycles. The fourth-order valence-corrected chi connectivity index (χ4v) is 3.92. The van der Waals surface area contributed by atoms with E-state index in [1.807, 2.05) is 31.2 Å². The van der Waals surface area contributed by atoms with E-state index < -0.39 is 9.84 Å². The molecule has 1 aliphatic carbocycles. The summed E-state index contributed by atoms with van der Waals surface area (Å²) in [4.78, 5) is 12.2. The molecule has 0 aromatic heterocycles. The minimum absolute atomic E-state index is 0.0183. The quantitative estimate of drug-likeness (QED) is 0.793. The van der Waals surface area contributed by atoms with Crippen LogP contribution in [0.15, 0.2) is 53.4 Å². The van der Waals surface area contributed by atoms with Gasteiger partial charge in [0.2, 0.25) is 0 Å². The fraction of sp³-hybridized carbons (Fsp3) is 0.278. The van der Waals surface area contributed by atoms with Gasteiger partial charge in [0.25, 0.3) is 0 Å². The Hall–Kier alpha value is -1.94. The lowest BCUT2D eigenvalue weighted by Crippen LogP contribution is -2.07. The molecule has 0 bridgehead atoms. The summed E-state index contributed by atoms with van der Waals surface area (Å²) in [5, 5.41) is 0. The largest absolute Gasteiger partial charge is 0.294 e. The first-order chi connectivity index (χ1) is 10.5. The summed E-state index contributed by atoms with van der Waals surface area (Å²) in [7, 11) is -3.39. The molecule has 1 fully saturated rings. The van der Waals surface area contributed by atoms with E-state index in [2.05, 4.69) is 0 Å². The molecule has 0 atom stereocenters. The highest BCUT2D eigenvalue weighted by atomic mass is 32.2. The first kappa shape index (κ1) is 15.0. The number of Topliss-reactive ketones (excluding diaryl/α,β-unsaturated/α-hetero) is 1. The molecule has 0 saturated heterocycles. The smallest absolute Gasteiger partial charge is 0.182 e. The summed E-state index contributed by atoms with van der Waals surface area (Å²) in [6.45, 7) is 1.91. The van der Waals surface area contributed by atoms with Crippen molar-refractivity contribution in [2.45, 2.75) is 30.4 Å². The molecule has 0 amide bonds. The predicted molar refractivity (Wildman–Crippen MR) is 85.6 cm³/mol. The lowest BCUT2D eigenvalue weighted by atomic mass is 10.1. The number of ketones is 1. The number of hydrogen-bond donors (Lipinski definition) is 0. The molecular weight excluding hydrogens is 296 g/mol. The summed E-state index contributed by atoms with van der Waals surface area (Å²) in [6.07, 6.45) is 1.90. The topological polar surface area (TPSA) is 51.2 Å². The lowest BCUT2D eigenvalue weighted by Gasteiger charge is -2.08.